The van der Waals surface area contributed by atoms with Crippen LogP contribution in [0.5, 0.6) is 0 Å². The number of amides is 2. The minimum Gasteiger partial charge on any atom is -0.383 e. The Hall–Kier alpha value is -1.94. The molecule has 98 valence electrons. The molecule has 1 fully saturated rings. The Morgan fingerprint density at radius 1 is 1.50 bits per heavy atom. The number of carbonyl (C=O) groups is 2. The first-order valence-corrected chi connectivity index (χ1v) is 6.42. The zero-order valence-electron chi connectivity index (χ0n) is 9.37. The third-order valence-electron chi connectivity index (χ3n) is 2.59. The highest BCUT2D eigenvalue weighted by Crippen LogP contribution is 2.22. The van der Waals surface area contributed by atoms with E-state index < -0.39 is 34.4 Å². The van der Waals surface area contributed by atoms with Crippen LogP contribution >= 0.6 is 0 Å². The van der Waals surface area contributed by atoms with Crippen molar-refractivity contribution < 1.29 is 18.0 Å². The minimum absolute atomic E-state index is 0.138. The number of piperazine rings is 1. The Morgan fingerprint density at radius 3 is 2.72 bits per heavy atom. The molecule has 0 saturated carbocycles. The van der Waals surface area contributed by atoms with Crippen LogP contribution in [0.2, 0.25) is 0 Å². The predicted molar refractivity (Wildman–Crippen MR) is 59.5 cm³/mol. The van der Waals surface area contributed by atoms with Gasteiger partial charge in [-0.25, -0.2) is 8.42 Å². The maximum Gasteiger partial charge on any atom is 0.249 e. The summed E-state index contributed by atoms with van der Waals surface area (Å²) in [6, 6.07) is -0.984. The SMILES string of the molecule is CC1C(=O)NC(=O)CN1S(=O)(=O)c1cn[nH]c1N. The summed E-state index contributed by atoms with van der Waals surface area (Å²) < 4.78 is 25.2. The van der Waals surface area contributed by atoms with Gasteiger partial charge < -0.3 is 5.73 Å². The number of rotatable bonds is 2. The number of nitrogens with two attached hydrogens (primary N) is 1. The van der Waals surface area contributed by atoms with Gasteiger partial charge in [0, 0.05) is 0 Å². The van der Waals surface area contributed by atoms with E-state index in [0.717, 1.165) is 10.5 Å². The highest BCUT2D eigenvalue weighted by Gasteiger charge is 2.40. The zero-order valence-corrected chi connectivity index (χ0v) is 10.2. The van der Waals surface area contributed by atoms with E-state index in [-0.39, 0.29) is 10.7 Å². The lowest BCUT2D eigenvalue weighted by molar-refractivity contribution is -0.136. The molecule has 2 amide bonds. The van der Waals surface area contributed by atoms with Crippen molar-refractivity contribution in [3.63, 3.8) is 0 Å². The van der Waals surface area contributed by atoms with E-state index in [0.29, 0.717) is 0 Å². The van der Waals surface area contributed by atoms with Gasteiger partial charge in [-0.05, 0) is 6.92 Å². The van der Waals surface area contributed by atoms with Crippen LogP contribution < -0.4 is 11.1 Å². The van der Waals surface area contributed by atoms with Crippen LogP contribution in [0.25, 0.3) is 0 Å². The van der Waals surface area contributed by atoms with Gasteiger partial charge in [0.25, 0.3) is 0 Å². The number of sulfonamides is 1. The Bertz CT molecular complexity index is 607. The molecule has 1 aromatic heterocycles. The van der Waals surface area contributed by atoms with Gasteiger partial charge in [0.15, 0.2) is 0 Å². The lowest BCUT2D eigenvalue weighted by Gasteiger charge is -2.30. The monoisotopic (exact) mass is 273 g/mol. The van der Waals surface area contributed by atoms with E-state index >= 15 is 0 Å². The molecule has 4 N–H and O–H groups in total. The van der Waals surface area contributed by atoms with Crippen molar-refractivity contribution in [1.82, 2.24) is 19.8 Å². The summed E-state index contributed by atoms with van der Waals surface area (Å²) in [5, 5.41) is 7.84. The highest BCUT2D eigenvalue weighted by molar-refractivity contribution is 7.89. The first-order valence-electron chi connectivity index (χ1n) is 4.98. The molecule has 10 heteroatoms. The third-order valence-corrected chi connectivity index (χ3v) is 4.54. The van der Waals surface area contributed by atoms with Gasteiger partial charge in [0.2, 0.25) is 21.8 Å². The Labute approximate surface area is 102 Å². The predicted octanol–water partition coefficient (Wildman–Crippen LogP) is -1.97. The molecule has 9 nitrogen and oxygen atoms in total. The third kappa shape index (κ3) is 1.84. The number of aromatic nitrogens is 2. The first-order chi connectivity index (χ1) is 8.34. The molecule has 1 aromatic rings. The maximum absolute atomic E-state index is 12.2. The molecule has 1 aliphatic rings. The van der Waals surface area contributed by atoms with Gasteiger partial charge in [0.1, 0.15) is 16.8 Å². The summed E-state index contributed by atoms with van der Waals surface area (Å²) in [5.74, 6) is -1.48. The molecular weight excluding hydrogens is 262 g/mol. The fourth-order valence-corrected chi connectivity index (χ4v) is 3.16. The summed E-state index contributed by atoms with van der Waals surface area (Å²) in [4.78, 5) is 22.4. The van der Waals surface area contributed by atoms with Gasteiger partial charge in [-0.1, -0.05) is 0 Å². The van der Waals surface area contributed by atoms with Crippen LogP contribution in [0.4, 0.5) is 5.82 Å². The number of imide groups is 1. The van der Waals surface area contributed by atoms with Crippen molar-refractivity contribution in [3.8, 4) is 0 Å². The second kappa shape index (κ2) is 4.07. The Morgan fingerprint density at radius 2 is 2.17 bits per heavy atom. The normalized spacial score (nSPS) is 21.9. The van der Waals surface area contributed by atoms with E-state index in [9.17, 15) is 18.0 Å². The number of nitrogens with zero attached hydrogens (tertiary/aromatic N) is 2. The molecule has 0 bridgehead atoms. The molecule has 0 spiro atoms. The first kappa shape index (κ1) is 12.5. The number of aromatic amines is 1. The van der Waals surface area contributed by atoms with Crippen LogP contribution in [0.15, 0.2) is 11.1 Å². The number of nitrogen functional groups attached to an aromatic ring is 1. The topological polar surface area (TPSA) is 138 Å². The van der Waals surface area contributed by atoms with Crippen molar-refractivity contribution in [2.24, 2.45) is 0 Å². The highest BCUT2D eigenvalue weighted by atomic mass is 32.2. The zero-order chi connectivity index (χ0) is 13.5. The van der Waals surface area contributed by atoms with E-state index in [4.69, 9.17) is 5.73 Å². The van der Waals surface area contributed by atoms with Crippen LogP contribution in [0.1, 0.15) is 6.92 Å². The average molecular weight is 273 g/mol. The second-order valence-electron chi connectivity index (χ2n) is 3.79. The van der Waals surface area contributed by atoms with Crippen LogP contribution in [0.3, 0.4) is 0 Å². The van der Waals surface area contributed by atoms with E-state index in [1.54, 1.807) is 0 Å². The van der Waals surface area contributed by atoms with Crippen LogP contribution in [-0.2, 0) is 19.6 Å². The minimum atomic E-state index is -4.03. The smallest absolute Gasteiger partial charge is 0.249 e. The number of carbonyl (C=O) groups excluding carboxylic acids is 2. The number of hydrogen-bond donors (Lipinski definition) is 3. The molecule has 0 radical (unpaired) electrons. The molecule has 2 rings (SSSR count). The molecule has 1 unspecified atom stereocenters. The largest absolute Gasteiger partial charge is 0.383 e. The van der Waals surface area contributed by atoms with E-state index in [1.807, 2.05) is 0 Å². The lowest BCUT2D eigenvalue weighted by atomic mass is 10.2. The molecular formula is C8H11N5O4S. The molecule has 2 heterocycles. The van der Waals surface area contributed by atoms with Gasteiger partial charge >= 0.3 is 0 Å². The molecule has 1 aliphatic heterocycles. The number of H-pyrrole nitrogens is 1. The molecule has 1 saturated heterocycles. The summed E-state index contributed by atoms with van der Waals surface area (Å²) in [6.07, 6.45) is 1.04. The standard InChI is InChI=1S/C8H11N5O4S/c1-4-8(15)11-6(14)3-13(4)18(16,17)5-2-10-12-7(5)9/h2,4H,3H2,1H3,(H3,9,10,12)(H,11,14,15). The fourth-order valence-electron chi connectivity index (χ4n) is 1.60. The Balaban J connectivity index is 2.44. The second-order valence-corrected chi connectivity index (χ2v) is 5.65. The van der Waals surface area contributed by atoms with Crippen molar-refractivity contribution in [1.29, 1.82) is 0 Å². The maximum atomic E-state index is 12.2. The summed E-state index contributed by atoms with van der Waals surface area (Å²) in [6.45, 7) is 0.954. The number of anilines is 1. The van der Waals surface area contributed by atoms with Gasteiger partial charge in [-0.15, -0.1) is 0 Å². The quantitative estimate of drug-likeness (QED) is 0.534. The van der Waals surface area contributed by atoms with Crippen LogP contribution in [0, 0.1) is 0 Å². The van der Waals surface area contributed by atoms with Crippen molar-refractivity contribution >= 4 is 27.7 Å². The van der Waals surface area contributed by atoms with Gasteiger partial charge in [0.05, 0.1) is 12.7 Å². The molecule has 0 aromatic carbocycles. The lowest BCUT2D eigenvalue weighted by Crippen LogP contribution is -2.58. The Kier molecular flexibility index (Phi) is 2.83. The molecule has 0 aliphatic carbocycles. The van der Waals surface area contributed by atoms with Crippen LogP contribution in [-0.4, -0.2) is 47.3 Å². The number of hydrogen-bond acceptors (Lipinski definition) is 6. The van der Waals surface area contributed by atoms with Gasteiger partial charge in [-0.3, -0.25) is 20.0 Å². The fraction of sp³-hybridized carbons (Fsp3) is 0.375. The van der Waals surface area contributed by atoms with E-state index in [2.05, 4.69) is 15.5 Å². The number of nitrogens with one attached hydrogen (secondary N) is 2. The van der Waals surface area contributed by atoms with Crippen molar-refractivity contribution in [3.05, 3.63) is 6.20 Å². The van der Waals surface area contributed by atoms with Crippen molar-refractivity contribution in [2.45, 2.75) is 17.9 Å². The van der Waals surface area contributed by atoms with Crippen molar-refractivity contribution in [2.75, 3.05) is 12.3 Å². The molecule has 18 heavy (non-hydrogen) atoms. The summed E-state index contributed by atoms with van der Waals surface area (Å²) in [7, 11) is -4.03. The van der Waals surface area contributed by atoms with E-state index in [1.165, 1.54) is 6.92 Å². The average Bonchev–Trinajstić information content (AvgIpc) is 2.70. The molecule has 1 atom stereocenters. The summed E-state index contributed by atoms with van der Waals surface area (Å²) in [5.41, 5.74) is 5.44. The van der Waals surface area contributed by atoms with Gasteiger partial charge in [-0.2, -0.15) is 9.40 Å². The summed E-state index contributed by atoms with van der Waals surface area (Å²) >= 11 is 0.